The molecule has 2 aromatic rings. The van der Waals surface area contributed by atoms with Gasteiger partial charge in [-0.1, -0.05) is 12.1 Å². The zero-order valence-corrected chi connectivity index (χ0v) is 10.2. The lowest BCUT2D eigenvalue weighted by Gasteiger charge is -2.18. The van der Waals surface area contributed by atoms with Gasteiger partial charge in [-0.2, -0.15) is 0 Å². The van der Waals surface area contributed by atoms with E-state index in [0.29, 0.717) is 18.7 Å². The number of aromatic carboxylic acids is 1. The number of hydrogen-bond donors (Lipinski definition) is 2. The second-order valence-electron chi connectivity index (χ2n) is 4.35. The van der Waals surface area contributed by atoms with E-state index in [0.717, 1.165) is 16.9 Å². The Hall–Kier alpha value is -2.40. The van der Waals surface area contributed by atoms with Crippen molar-refractivity contribution in [3.8, 4) is 0 Å². The van der Waals surface area contributed by atoms with Crippen LogP contribution in [-0.2, 0) is 13.1 Å². The highest BCUT2D eigenvalue weighted by Gasteiger charge is 2.23. The van der Waals surface area contributed by atoms with Crippen LogP contribution in [0.2, 0.25) is 0 Å². The van der Waals surface area contributed by atoms with Gasteiger partial charge in [-0.25, -0.2) is 10.2 Å². The lowest BCUT2D eigenvalue weighted by molar-refractivity contribution is 0.0696. The number of aromatic nitrogens is 1. The summed E-state index contributed by atoms with van der Waals surface area (Å²) in [5, 5.41) is 11.1. The normalized spacial score (nSPS) is 13.4. The topological polar surface area (TPSA) is 65.5 Å². The molecule has 19 heavy (non-hydrogen) atoms. The summed E-state index contributed by atoms with van der Waals surface area (Å²) >= 11 is 0. The lowest BCUT2D eigenvalue weighted by atomic mass is 10.1. The van der Waals surface area contributed by atoms with E-state index < -0.39 is 5.97 Å². The highest BCUT2D eigenvalue weighted by Crippen LogP contribution is 2.29. The zero-order valence-electron chi connectivity index (χ0n) is 10.2. The molecule has 0 saturated carbocycles. The third kappa shape index (κ3) is 2.15. The van der Waals surface area contributed by atoms with Crippen LogP contribution in [0.4, 0.5) is 5.69 Å². The minimum atomic E-state index is -0.890. The molecule has 0 bridgehead atoms. The molecule has 2 heterocycles. The van der Waals surface area contributed by atoms with Crippen molar-refractivity contribution >= 4 is 11.7 Å². The summed E-state index contributed by atoms with van der Waals surface area (Å²) in [6.07, 6.45) is 1.75. The highest BCUT2D eigenvalue weighted by molar-refractivity contribution is 5.91. The number of nitrogens with zero attached hydrogens (tertiary/aromatic N) is 2. The van der Waals surface area contributed by atoms with Crippen molar-refractivity contribution in [1.29, 1.82) is 0 Å². The van der Waals surface area contributed by atoms with Crippen molar-refractivity contribution in [3.63, 3.8) is 0 Å². The van der Waals surface area contributed by atoms with E-state index in [1.807, 2.05) is 29.3 Å². The van der Waals surface area contributed by atoms with E-state index >= 15 is 0 Å². The number of carboxylic acids is 1. The number of nitrogens with one attached hydrogen (secondary N) is 1. The van der Waals surface area contributed by atoms with E-state index in [9.17, 15) is 4.79 Å². The van der Waals surface area contributed by atoms with Crippen LogP contribution in [-0.4, -0.2) is 16.1 Å². The summed E-state index contributed by atoms with van der Waals surface area (Å²) in [5.41, 5.74) is 6.22. The molecule has 1 aliphatic heterocycles. The fourth-order valence-electron chi connectivity index (χ4n) is 2.27. The van der Waals surface area contributed by atoms with E-state index in [4.69, 9.17) is 5.11 Å². The van der Waals surface area contributed by atoms with Crippen molar-refractivity contribution in [1.82, 2.24) is 10.4 Å². The van der Waals surface area contributed by atoms with Crippen LogP contribution in [0.3, 0.4) is 0 Å². The van der Waals surface area contributed by atoms with Crippen LogP contribution in [0.25, 0.3) is 0 Å². The van der Waals surface area contributed by atoms with Crippen LogP contribution in [0.1, 0.15) is 21.6 Å². The number of carboxylic acid groups (broad SMARTS) is 1. The first-order valence-electron chi connectivity index (χ1n) is 6.02. The van der Waals surface area contributed by atoms with Gasteiger partial charge < -0.3 is 10.1 Å². The smallest absolute Gasteiger partial charge is 0.336 e. The van der Waals surface area contributed by atoms with Gasteiger partial charge in [0.15, 0.2) is 0 Å². The molecule has 1 aliphatic rings. The third-order valence-corrected chi connectivity index (χ3v) is 3.17. The monoisotopic (exact) mass is 255 g/mol. The van der Waals surface area contributed by atoms with Gasteiger partial charge in [0.05, 0.1) is 23.5 Å². The summed E-state index contributed by atoms with van der Waals surface area (Å²) in [7, 11) is 0. The van der Waals surface area contributed by atoms with Crippen LogP contribution in [0, 0.1) is 0 Å². The van der Waals surface area contributed by atoms with Crippen molar-refractivity contribution in [3.05, 3.63) is 59.4 Å². The second kappa shape index (κ2) is 4.70. The van der Waals surface area contributed by atoms with Gasteiger partial charge in [0.25, 0.3) is 0 Å². The lowest BCUT2D eigenvalue weighted by Crippen LogP contribution is -2.31. The van der Waals surface area contributed by atoms with Crippen LogP contribution >= 0.6 is 0 Å². The Labute approximate surface area is 110 Å². The molecular formula is C14H13N3O2. The quantitative estimate of drug-likeness (QED) is 0.875. The Morgan fingerprint density at radius 2 is 2.21 bits per heavy atom. The van der Waals surface area contributed by atoms with E-state index in [2.05, 4.69) is 10.4 Å². The second-order valence-corrected chi connectivity index (χ2v) is 4.35. The van der Waals surface area contributed by atoms with Gasteiger partial charge in [0.1, 0.15) is 0 Å². The molecule has 0 amide bonds. The molecule has 5 nitrogen and oxygen atoms in total. The molecule has 0 unspecified atom stereocenters. The summed E-state index contributed by atoms with van der Waals surface area (Å²) in [6.45, 7) is 1.14. The van der Waals surface area contributed by atoms with Crippen molar-refractivity contribution in [2.24, 2.45) is 0 Å². The molecule has 5 heteroatoms. The summed E-state index contributed by atoms with van der Waals surface area (Å²) in [4.78, 5) is 15.4. The number of anilines is 1. The zero-order chi connectivity index (χ0) is 13.2. The van der Waals surface area contributed by atoms with Crippen LogP contribution in [0.15, 0.2) is 42.6 Å². The number of pyridine rings is 1. The minimum Gasteiger partial charge on any atom is -0.478 e. The van der Waals surface area contributed by atoms with Gasteiger partial charge >= 0.3 is 5.97 Å². The molecule has 0 spiro atoms. The van der Waals surface area contributed by atoms with Gasteiger partial charge in [-0.3, -0.25) is 4.98 Å². The largest absolute Gasteiger partial charge is 0.478 e. The number of benzene rings is 1. The summed E-state index contributed by atoms with van der Waals surface area (Å²) < 4.78 is 0. The first-order chi connectivity index (χ1) is 9.25. The maximum Gasteiger partial charge on any atom is 0.336 e. The fraction of sp³-hybridized carbons (Fsp3) is 0.143. The Kier molecular flexibility index (Phi) is 2.89. The predicted octanol–water partition coefficient (Wildman–Crippen LogP) is 1.80. The van der Waals surface area contributed by atoms with Gasteiger partial charge in [0, 0.05) is 18.3 Å². The fourth-order valence-corrected chi connectivity index (χ4v) is 2.27. The van der Waals surface area contributed by atoms with Gasteiger partial charge in [0.2, 0.25) is 0 Å². The van der Waals surface area contributed by atoms with E-state index in [1.54, 1.807) is 18.3 Å². The molecule has 1 aromatic carbocycles. The summed E-state index contributed by atoms with van der Waals surface area (Å²) in [5.74, 6) is -0.890. The Morgan fingerprint density at radius 3 is 2.95 bits per heavy atom. The highest BCUT2D eigenvalue weighted by atomic mass is 16.4. The molecule has 0 radical (unpaired) electrons. The Morgan fingerprint density at radius 1 is 1.32 bits per heavy atom. The predicted molar refractivity (Wildman–Crippen MR) is 70.7 cm³/mol. The van der Waals surface area contributed by atoms with Gasteiger partial charge in [-0.05, 0) is 24.3 Å². The molecule has 0 saturated heterocycles. The maximum absolute atomic E-state index is 11.2. The SMILES string of the molecule is O=C(O)c1cccc2c1CNN2Cc1ccccn1. The molecule has 3 rings (SSSR count). The van der Waals surface area contributed by atoms with Crippen LogP contribution in [0.5, 0.6) is 0 Å². The maximum atomic E-state index is 11.2. The number of fused-ring (bicyclic) bond motifs is 1. The average molecular weight is 255 g/mol. The molecule has 2 N–H and O–H groups in total. The van der Waals surface area contributed by atoms with Crippen LogP contribution < -0.4 is 10.4 Å². The van der Waals surface area contributed by atoms with E-state index in [-0.39, 0.29) is 0 Å². The van der Waals surface area contributed by atoms with Gasteiger partial charge in [-0.15, -0.1) is 0 Å². The molecule has 1 aromatic heterocycles. The molecule has 96 valence electrons. The average Bonchev–Trinajstić information content (AvgIpc) is 2.83. The number of rotatable bonds is 3. The van der Waals surface area contributed by atoms with Crippen molar-refractivity contribution in [2.45, 2.75) is 13.1 Å². The first-order valence-corrected chi connectivity index (χ1v) is 6.02. The van der Waals surface area contributed by atoms with Crippen molar-refractivity contribution in [2.75, 3.05) is 5.01 Å². The number of hydrogen-bond acceptors (Lipinski definition) is 4. The standard InChI is InChI=1S/C14H13N3O2/c18-14(19)11-5-3-6-13-12(11)8-16-17(13)9-10-4-1-2-7-15-10/h1-7,16H,8-9H2,(H,18,19). The third-order valence-electron chi connectivity index (χ3n) is 3.17. The molecule has 0 atom stereocenters. The Bertz CT molecular complexity index is 613. The number of hydrazine groups is 1. The van der Waals surface area contributed by atoms with Crippen molar-refractivity contribution < 1.29 is 9.90 Å². The van der Waals surface area contributed by atoms with E-state index in [1.165, 1.54) is 0 Å². The molecule has 0 aliphatic carbocycles. The molecular weight excluding hydrogens is 242 g/mol. The summed E-state index contributed by atoms with van der Waals surface area (Å²) in [6, 6.07) is 11.1. The first kappa shape index (κ1) is 11.7. The number of carbonyl (C=O) groups is 1. The minimum absolute atomic E-state index is 0.355. The molecule has 0 fully saturated rings. The Balaban J connectivity index is 1.91.